The van der Waals surface area contributed by atoms with Crippen molar-refractivity contribution in [2.24, 2.45) is 5.92 Å². The number of hydrogen-bond donors (Lipinski definition) is 1. The molecular weight excluding hydrogens is 158 g/mol. The van der Waals surface area contributed by atoms with Crippen molar-refractivity contribution in [2.75, 3.05) is 7.05 Å². The molecule has 1 unspecified atom stereocenters. The van der Waals surface area contributed by atoms with Crippen molar-refractivity contribution in [1.29, 1.82) is 0 Å². The van der Waals surface area contributed by atoms with Crippen LogP contribution < -0.4 is 5.32 Å². The highest BCUT2D eigenvalue weighted by molar-refractivity contribution is 4.65. The molecule has 2 atom stereocenters. The van der Waals surface area contributed by atoms with Crippen molar-refractivity contribution in [2.45, 2.75) is 65.3 Å². The number of nitrogens with one attached hydrogen (secondary N) is 1. The third kappa shape index (κ3) is 7.06. The van der Waals surface area contributed by atoms with Gasteiger partial charge in [-0.15, -0.1) is 0 Å². The van der Waals surface area contributed by atoms with E-state index in [1.807, 2.05) is 0 Å². The molecule has 0 radical (unpaired) electrons. The molecule has 1 N–H and O–H groups in total. The molecule has 0 aromatic carbocycles. The van der Waals surface area contributed by atoms with E-state index in [1.165, 1.54) is 38.5 Å². The van der Waals surface area contributed by atoms with E-state index >= 15 is 0 Å². The maximum absolute atomic E-state index is 3.32. The van der Waals surface area contributed by atoms with Gasteiger partial charge in [0.15, 0.2) is 0 Å². The summed E-state index contributed by atoms with van der Waals surface area (Å²) in [6.07, 6.45) is 8.29. The summed E-state index contributed by atoms with van der Waals surface area (Å²) in [6, 6.07) is 0.687. The van der Waals surface area contributed by atoms with Crippen molar-refractivity contribution >= 4 is 0 Å². The molecular formula is C12H27N. The second-order valence-corrected chi connectivity index (χ2v) is 4.20. The van der Waals surface area contributed by atoms with E-state index in [0.29, 0.717) is 6.04 Å². The van der Waals surface area contributed by atoms with Gasteiger partial charge in [-0.05, 0) is 26.3 Å². The van der Waals surface area contributed by atoms with Gasteiger partial charge in [-0.1, -0.05) is 46.0 Å². The largest absolute Gasteiger partial charge is 0.317 e. The fraction of sp³-hybridized carbons (Fsp3) is 1.00. The molecule has 1 heteroatoms. The van der Waals surface area contributed by atoms with Gasteiger partial charge in [-0.25, -0.2) is 0 Å². The van der Waals surface area contributed by atoms with Crippen molar-refractivity contribution in [1.82, 2.24) is 5.32 Å². The maximum atomic E-state index is 3.32. The Balaban J connectivity index is 3.50. The average Bonchev–Trinajstić information content (AvgIpc) is 2.16. The SMILES string of the molecule is CCCCC[C@@H](CC)CC(C)NC. The van der Waals surface area contributed by atoms with Crippen LogP contribution in [0.4, 0.5) is 0 Å². The molecule has 0 saturated heterocycles. The molecule has 13 heavy (non-hydrogen) atoms. The minimum Gasteiger partial charge on any atom is -0.317 e. The monoisotopic (exact) mass is 185 g/mol. The topological polar surface area (TPSA) is 12.0 Å². The molecule has 0 saturated carbocycles. The van der Waals surface area contributed by atoms with Crippen LogP contribution in [-0.4, -0.2) is 13.1 Å². The van der Waals surface area contributed by atoms with E-state index in [0.717, 1.165) is 5.92 Å². The second-order valence-electron chi connectivity index (χ2n) is 4.20. The third-order valence-electron chi connectivity index (χ3n) is 2.97. The lowest BCUT2D eigenvalue weighted by molar-refractivity contribution is 0.369. The predicted octanol–water partition coefficient (Wildman–Crippen LogP) is 3.59. The Hall–Kier alpha value is -0.0400. The summed E-state index contributed by atoms with van der Waals surface area (Å²) in [5.41, 5.74) is 0. The summed E-state index contributed by atoms with van der Waals surface area (Å²) >= 11 is 0. The van der Waals surface area contributed by atoms with Crippen molar-refractivity contribution in [3.05, 3.63) is 0 Å². The maximum Gasteiger partial charge on any atom is 0.00383 e. The van der Waals surface area contributed by atoms with Gasteiger partial charge < -0.3 is 5.32 Å². The quantitative estimate of drug-likeness (QED) is 0.570. The first-order valence-corrected chi connectivity index (χ1v) is 5.91. The van der Waals surface area contributed by atoms with Gasteiger partial charge in [0.1, 0.15) is 0 Å². The first-order valence-electron chi connectivity index (χ1n) is 5.91. The van der Waals surface area contributed by atoms with E-state index in [4.69, 9.17) is 0 Å². The van der Waals surface area contributed by atoms with E-state index in [2.05, 4.69) is 33.1 Å². The summed E-state index contributed by atoms with van der Waals surface area (Å²) in [4.78, 5) is 0. The second kappa shape index (κ2) is 8.55. The van der Waals surface area contributed by atoms with Gasteiger partial charge in [0.25, 0.3) is 0 Å². The van der Waals surface area contributed by atoms with Crippen LogP contribution >= 0.6 is 0 Å². The first kappa shape index (κ1) is 13.0. The van der Waals surface area contributed by atoms with Gasteiger partial charge in [0.2, 0.25) is 0 Å². The summed E-state index contributed by atoms with van der Waals surface area (Å²) in [6.45, 7) is 6.87. The number of unbranched alkanes of at least 4 members (excludes halogenated alkanes) is 2. The highest BCUT2D eigenvalue weighted by Gasteiger charge is 2.09. The minimum atomic E-state index is 0.687. The zero-order valence-corrected chi connectivity index (χ0v) is 9.90. The van der Waals surface area contributed by atoms with Gasteiger partial charge >= 0.3 is 0 Å². The molecule has 1 nitrogen and oxygen atoms in total. The van der Waals surface area contributed by atoms with Crippen molar-refractivity contribution in [3.8, 4) is 0 Å². The number of rotatable bonds is 8. The third-order valence-corrected chi connectivity index (χ3v) is 2.97. The van der Waals surface area contributed by atoms with Gasteiger partial charge in [-0.2, -0.15) is 0 Å². The van der Waals surface area contributed by atoms with E-state index < -0.39 is 0 Å². The van der Waals surface area contributed by atoms with Crippen LogP contribution in [0.15, 0.2) is 0 Å². The molecule has 0 bridgehead atoms. The van der Waals surface area contributed by atoms with Crippen LogP contribution in [0.3, 0.4) is 0 Å². The molecule has 0 rings (SSSR count). The Labute approximate surface area is 84.3 Å². The van der Waals surface area contributed by atoms with Crippen molar-refractivity contribution in [3.63, 3.8) is 0 Å². The normalized spacial score (nSPS) is 15.7. The molecule has 0 spiro atoms. The lowest BCUT2D eigenvalue weighted by Gasteiger charge is -2.19. The Morgan fingerprint density at radius 2 is 1.85 bits per heavy atom. The van der Waals surface area contributed by atoms with Crippen LogP contribution in [0.1, 0.15) is 59.3 Å². The minimum absolute atomic E-state index is 0.687. The molecule has 0 fully saturated rings. The van der Waals surface area contributed by atoms with Gasteiger partial charge in [0.05, 0.1) is 0 Å². The van der Waals surface area contributed by atoms with Crippen LogP contribution in [0.2, 0.25) is 0 Å². The fourth-order valence-electron chi connectivity index (χ4n) is 1.79. The standard InChI is InChI=1S/C12H27N/c1-5-7-8-9-12(6-2)10-11(3)13-4/h11-13H,5-10H2,1-4H3/t11?,12-/m1/s1. The Morgan fingerprint density at radius 3 is 2.31 bits per heavy atom. The molecule has 0 aliphatic heterocycles. The van der Waals surface area contributed by atoms with E-state index in [-0.39, 0.29) is 0 Å². The zero-order chi connectivity index (χ0) is 10.1. The first-order chi connectivity index (χ1) is 6.24. The lowest BCUT2D eigenvalue weighted by Crippen LogP contribution is -2.24. The Bertz CT molecular complexity index is 101. The summed E-state index contributed by atoms with van der Waals surface area (Å²) < 4.78 is 0. The highest BCUT2D eigenvalue weighted by Crippen LogP contribution is 2.18. The average molecular weight is 185 g/mol. The Morgan fingerprint density at radius 1 is 1.15 bits per heavy atom. The number of hydrogen-bond acceptors (Lipinski definition) is 1. The molecule has 0 aliphatic rings. The molecule has 0 heterocycles. The smallest absolute Gasteiger partial charge is 0.00383 e. The summed E-state index contributed by atoms with van der Waals surface area (Å²) in [5.74, 6) is 0.939. The van der Waals surface area contributed by atoms with Crippen LogP contribution in [0.25, 0.3) is 0 Å². The van der Waals surface area contributed by atoms with Crippen LogP contribution in [-0.2, 0) is 0 Å². The molecule has 0 amide bonds. The van der Waals surface area contributed by atoms with Crippen molar-refractivity contribution < 1.29 is 0 Å². The van der Waals surface area contributed by atoms with Gasteiger partial charge in [0, 0.05) is 6.04 Å². The van der Waals surface area contributed by atoms with Crippen LogP contribution in [0.5, 0.6) is 0 Å². The molecule has 0 aromatic heterocycles. The van der Waals surface area contributed by atoms with E-state index in [9.17, 15) is 0 Å². The predicted molar refractivity (Wildman–Crippen MR) is 61.1 cm³/mol. The van der Waals surface area contributed by atoms with Crippen LogP contribution in [0, 0.1) is 5.92 Å². The lowest BCUT2D eigenvalue weighted by atomic mass is 9.92. The zero-order valence-electron chi connectivity index (χ0n) is 9.90. The summed E-state index contributed by atoms with van der Waals surface area (Å²) in [7, 11) is 2.06. The highest BCUT2D eigenvalue weighted by atomic mass is 14.8. The summed E-state index contributed by atoms with van der Waals surface area (Å²) in [5, 5.41) is 3.32. The molecule has 0 aliphatic carbocycles. The fourth-order valence-corrected chi connectivity index (χ4v) is 1.79. The van der Waals surface area contributed by atoms with Gasteiger partial charge in [-0.3, -0.25) is 0 Å². The molecule has 80 valence electrons. The van der Waals surface area contributed by atoms with E-state index in [1.54, 1.807) is 0 Å². The Kier molecular flexibility index (Phi) is 8.53. The molecule has 0 aromatic rings.